The highest BCUT2D eigenvalue weighted by Gasteiger charge is 1.96. The molecule has 0 heterocycles. The minimum absolute atomic E-state index is 0.550. The van der Waals surface area contributed by atoms with Gasteiger partial charge in [-0.25, -0.2) is 0 Å². The van der Waals surface area contributed by atoms with E-state index in [-0.39, 0.29) is 0 Å². The highest BCUT2D eigenvalue weighted by molar-refractivity contribution is 5.40. The highest BCUT2D eigenvalue weighted by atomic mass is 16.5. The highest BCUT2D eigenvalue weighted by Crippen LogP contribution is 2.14. The van der Waals surface area contributed by atoms with E-state index in [0.717, 1.165) is 17.0 Å². The molecule has 2 heteroatoms. The van der Waals surface area contributed by atoms with Gasteiger partial charge in [0.05, 0.1) is 0 Å². The lowest BCUT2D eigenvalue weighted by atomic mass is 10.2. The second-order valence-electron chi connectivity index (χ2n) is 3.85. The maximum absolute atomic E-state index is 5.69. The smallest absolute Gasteiger partial charge is 0.119 e. The maximum Gasteiger partial charge on any atom is 0.119 e. The summed E-state index contributed by atoms with van der Waals surface area (Å²) in [6, 6.07) is 15.8. The van der Waals surface area contributed by atoms with Crippen LogP contribution in [0.25, 0.3) is 0 Å². The summed E-state index contributed by atoms with van der Waals surface area (Å²) in [6.45, 7) is 6.61. The van der Waals surface area contributed by atoms with Gasteiger partial charge in [-0.3, -0.25) is 0 Å². The largest absolute Gasteiger partial charge is 0.489 e. The minimum Gasteiger partial charge on any atom is -0.489 e. The Morgan fingerprint density at radius 3 is 2.28 bits per heavy atom. The molecule has 2 nitrogen and oxygen atoms in total. The van der Waals surface area contributed by atoms with E-state index in [1.165, 1.54) is 5.56 Å². The molecule has 0 saturated heterocycles. The molecule has 96 valence electrons. The number of ether oxygens (including phenoxy) is 1. The van der Waals surface area contributed by atoms with Gasteiger partial charge in [0.25, 0.3) is 0 Å². The first-order valence-corrected chi connectivity index (χ1v) is 6.28. The molecule has 0 spiro atoms. The lowest BCUT2D eigenvalue weighted by Crippen LogP contribution is -1.96. The van der Waals surface area contributed by atoms with E-state index in [1.807, 2.05) is 62.4 Å². The second-order valence-corrected chi connectivity index (χ2v) is 3.85. The number of rotatable bonds is 3. The predicted molar refractivity (Wildman–Crippen MR) is 77.7 cm³/mol. The van der Waals surface area contributed by atoms with Crippen molar-refractivity contribution in [2.24, 2.45) is 0 Å². The molecule has 2 N–H and O–H groups in total. The molecule has 0 aliphatic rings. The number of anilines is 1. The number of nitrogen functional groups attached to an aromatic ring is 1. The van der Waals surface area contributed by atoms with E-state index in [2.05, 4.69) is 6.92 Å². The first kappa shape index (κ1) is 14.1. The first-order valence-electron chi connectivity index (χ1n) is 6.28. The van der Waals surface area contributed by atoms with Crippen LogP contribution in [0.1, 0.15) is 25.0 Å². The molecule has 2 aromatic carbocycles. The van der Waals surface area contributed by atoms with E-state index in [4.69, 9.17) is 10.5 Å². The Morgan fingerprint density at radius 2 is 1.67 bits per heavy atom. The molecule has 0 radical (unpaired) electrons. The second kappa shape index (κ2) is 7.38. The predicted octanol–water partition coefficient (Wildman–Crippen LogP) is 4.18. The van der Waals surface area contributed by atoms with Crippen LogP contribution >= 0.6 is 0 Å². The summed E-state index contributed by atoms with van der Waals surface area (Å²) in [5.74, 6) is 0.882. The molecule has 18 heavy (non-hydrogen) atoms. The number of benzene rings is 2. The standard InChI is InChI=1S/C14H15NO.C2H6/c1-11-5-7-14(8-6-11)16-10-12-3-2-4-13(15)9-12;1-2/h2-9H,10,15H2,1H3;1-2H3. The monoisotopic (exact) mass is 243 g/mol. The molecule has 0 unspecified atom stereocenters. The van der Waals surface area contributed by atoms with Crippen molar-refractivity contribution in [1.82, 2.24) is 0 Å². The van der Waals surface area contributed by atoms with Crippen molar-refractivity contribution in [3.8, 4) is 5.75 Å². The Bertz CT molecular complexity index is 463. The van der Waals surface area contributed by atoms with E-state index < -0.39 is 0 Å². The number of nitrogens with two attached hydrogens (primary N) is 1. The third-order valence-electron chi connectivity index (χ3n) is 2.38. The van der Waals surface area contributed by atoms with Crippen LogP contribution in [0.15, 0.2) is 48.5 Å². The molecule has 0 amide bonds. The summed E-state index contributed by atoms with van der Waals surface area (Å²) in [5.41, 5.74) is 8.78. The Kier molecular flexibility index (Phi) is 5.78. The van der Waals surface area contributed by atoms with Gasteiger partial charge in [0, 0.05) is 5.69 Å². The van der Waals surface area contributed by atoms with Crippen molar-refractivity contribution in [3.05, 3.63) is 59.7 Å². The van der Waals surface area contributed by atoms with Crippen LogP contribution < -0.4 is 10.5 Å². The van der Waals surface area contributed by atoms with Gasteiger partial charge in [-0.2, -0.15) is 0 Å². The summed E-state index contributed by atoms with van der Waals surface area (Å²) in [7, 11) is 0. The normalized spacial score (nSPS) is 9.28. The average molecular weight is 243 g/mol. The maximum atomic E-state index is 5.69. The Balaban J connectivity index is 0.000000771. The van der Waals surface area contributed by atoms with Crippen molar-refractivity contribution in [2.45, 2.75) is 27.4 Å². The van der Waals surface area contributed by atoms with Crippen LogP contribution in [0.3, 0.4) is 0 Å². The van der Waals surface area contributed by atoms with Crippen molar-refractivity contribution in [1.29, 1.82) is 0 Å². The number of hydrogen-bond donors (Lipinski definition) is 1. The number of hydrogen-bond acceptors (Lipinski definition) is 2. The molecule has 0 aliphatic heterocycles. The molecular weight excluding hydrogens is 222 g/mol. The summed E-state index contributed by atoms with van der Waals surface area (Å²) < 4.78 is 5.65. The SMILES string of the molecule is CC.Cc1ccc(OCc2cccc(N)c2)cc1. The number of aryl methyl sites for hydroxylation is 1. The molecular formula is C16H21NO. The van der Waals surface area contributed by atoms with Crippen molar-refractivity contribution in [3.63, 3.8) is 0 Å². The minimum atomic E-state index is 0.550. The van der Waals surface area contributed by atoms with E-state index in [1.54, 1.807) is 0 Å². The lowest BCUT2D eigenvalue weighted by molar-refractivity contribution is 0.306. The van der Waals surface area contributed by atoms with E-state index in [9.17, 15) is 0 Å². The molecule has 0 saturated carbocycles. The quantitative estimate of drug-likeness (QED) is 0.821. The Labute approximate surface area is 109 Å². The summed E-state index contributed by atoms with van der Waals surface area (Å²) >= 11 is 0. The van der Waals surface area contributed by atoms with Crippen LogP contribution in [0, 0.1) is 6.92 Å². The van der Waals surface area contributed by atoms with Crippen LogP contribution in [-0.4, -0.2) is 0 Å². The van der Waals surface area contributed by atoms with Crippen LogP contribution in [0.4, 0.5) is 5.69 Å². The molecule has 2 aromatic rings. The fourth-order valence-corrected chi connectivity index (χ4v) is 1.48. The van der Waals surface area contributed by atoms with Gasteiger partial charge in [0.15, 0.2) is 0 Å². The fourth-order valence-electron chi connectivity index (χ4n) is 1.48. The van der Waals surface area contributed by atoms with Crippen molar-refractivity contribution in [2.75, 3.05) is 5.73 Å². The fraction of sp³-hybridized carbons (Fsp3) is 0.250. The van der Waals surface area contributed by atoms with Crippen molar-refractivity contribution >= 4 is 5.69 Å². The molecule has 0 atom stereocenters. The average Bonchev–Trinajstić information content (AvgIpc) is 2.41. The van der Waals surface area contributed by atoms with E-state index >= 15 is 0 Å². The topological polar surface area (TPSA) is 35.2 Å². The zero-order chi connectivity index (χ0) is 13.4. The molecule has 0 aromatic heterocycles. The Morgan fingerprint density at radius 1 is 1.00 bits per heavy atom. The van der Waals surface area contributed by atoms with Gasteiger partial charge in [-0.1, -0.05) is 43.7 Å². The van der Waals surface area contributed by atoms with Gasteiger partial charge in [0.2, 0.25) is 0 Å². The van der Waals surface area contributed by atoms with Gasteiger partial charge in [-0.15, -0.1) is 0 Å². The zero-order valence-corrected chi connectivity index (χ0v) is 11.3. The van der Waals surface area contributed by atoms with Gasteiger partial charge in [0.1, 0.15) is 12.4 Å². The molecule has 0 fully saturated rings. The third kappa shape index (κ3) is 4.50. The molecule has 2 rings (SSSR count). The zero-order valence-electron chi connectivity index (χ0n) is 11.3. The van der Waals surface area contributed by atoms with Gasteiger partial charge < -0.3 is 10.5 Å². The molecule has 0 aliphatic carbocycles. The van der Waals surface area contributed by atoms with E-state index in [0.29, 0.717) is 6.61 Å². The molecule has 0 bridgehead atoms. The first-order chi connectivity index (χ1) is 8.74. The Hall–Kier alpha value is -1.96. The lowest BCUT2D eigenvalue weighted by Gasteiger charge is -2.06. The summed E-state index contributed by atoms with van der Waals surface area (Å²) in [6.07, 6.45) is 0. The van der Waals surface area contributed by atoms with Gasteiger partial charge >= 0.3 is 0 Å². The van der Waals surface area contributed by atoms with Crippen LogP contribution in [0.5, 0.6) is 5.75 Å². The van der Waals surface area contributed by atoms with Crippen molar-refractivity contribution < 1.29 is 4.74 Å². The van der Waals surface area contributed by atoms with Crippen LogP contribution in [-0.2, 0) is 6.61 Å². The van der Waals surface area contributed by atoms with Crippen LogP contribution in [0.2, 0.25) is 0 Å². The third-order valence-corrected chi connectivity index (χ3v) is 2.38. The van der Waals surface area contributed by atoms with Gasteiger partial charge in [-0.05, 0) is 36.8 Å². The summed E-state index contributed by atoms with van der Waals surface area (Å²) in [5, 5.41) is 0. The summed E-state index contributed by atoms with van der Waals surface area (Å²) in [4.78, 5) is 0.